The zero-order chi connectivity index (χ0) is 12.4. The standard InChI is InChI=1S/C12H22O2.C2H6/c1-3-7-10(2)12(13)14-11-8-5-4-6-9-11;1-2/h10-11H,3-9H2,1-2H3;1-2H3. The lowest BCUT2D eigenvalue weighted by atomic mass is 9.97. The summed E-state index contributed by atoms with van der Waals surface area (Å²) in [5, 5.41) is 0. The summed E-state index contributed by atoms with van der Waals surface area (Å²) in [6.45, 7) is 8.07. The van der Waals surface area contributed by atoms with Gasteiger partial charge in [0.15, 0.2) is 0 Å². The molecule has 0 aromatic rings. The van der Waals surface area contributed by atoms with Crippen LogP contribution in [0, 0.1) is 5.92 Å². The minimum Gasteiger partial charge on any atom is -0.462 e. The van der Waals surface area contributed by atoms with Crippen molar-refractivity contribution in [2.45, 2.75) is 78.7 Å². The van der Waals surface area contributed by atoms with Crippen LogP contribution >= 0.6 is 0 Å². The summed E-state index contributed by atoms with van der Waals surface area (Å²) in [6.07, 6.45) is 8.12. The van der Waals surface area contributed by atoms with Crippen molar-refractivity contribution in [3.8, 4) is 0 Å². The molecule has 16 heavy (non-hydrogen) atoms. The number of rotatable bonds is 4. The first kappa shape index (κ1) is 15.5. The van der Waals surface area contributed by atoms with Crippen molar-refractivity contribution in [1.82, 2.24) is 0 Å². The topological polar surface area (TPSA) is 26.3 Å². The molecule has 1 rings (SSSR count). The fourth-order valence-corrected chi connectivity index (χ4v) is 2.01. The number of hydrogen-bond acceptors (Lipinski definition) is 2. The minimum absolute atomic E-state index is 0.0127. The quantitative estimate of drug-likeness (QED) is 0.670. The van der Waals surface area contributed by atoms with Crippen molar-refractivity contribution in [1.29, 1.82) is 0 Å². The molecule has 0 heterocycles. The van der Waals surface area contributed by atoms with Crippen LogP contribution in [0.2, 0.25) is 0 Å². The van der Waals surface area contributed by atoms with Gasteiger partial charge in [-0.1, -0.05) is 40.5 Å². The molecular formula is C14H28O2. The second-order valence-corrected chi connectivity index (χ2v) is 4.39. The van der Waals surface area contributed by atoms with Crippen molar-refractivity contribution < 1.29 is 9.53 Å². The zero-order valence-corrected chi connectivity index (χ0v) is 11.4. The summed E-state index contributed by atoms with van der Waals surface area (Å²) in [4.78, 5) is 11.6. The van der Waals surface area contributed by atoms with Gasteiger partial charge in [0.2, 0.25) is 0 Å². The monoisotopic (exact) mass is 228 g/mol. The Morgan fingerprint density at radius 2 is 1.81 bits per heavy atom. The molecule has 2 nitrogen and oxygen atoms in total. The lowest BCUT2D eigenvalue weighted by Crippen LogP contribution is -2.24. The van der Waals surface area contributed by atoms with E-state index in [-0.39, 0.29) is 18.0 Å². The summed E-state index contributed by atoms with van der Waals surface area (Å²) < 4.78 is 5.47. The Bertz CT molecular complexity index is 172. The maximum absolute atomic E-state index is 11.6. The van der Waals surface area contributed by atoms with Crippen molar-refractivity contribution in [3.05, 3.63) is 0 Å². The molecule has 2 heteroatoms. The lowest BCUT2D eigenvalue weighted by Gasteiger charge is -2.23. The molecule has 1 unspecified atom stereocenters. The van der Waals surface area contributed by atoms with Gasteiger partial charge in [-0.3, -0.25) is 4.79 Å². The average molecular weight is 228 g/mol. The molecule has 0 bridgehead atoms. The van der Waals surface area contributed by atoms with Crippen LogP contribution < -0.4 is 0 Å². The highest BCUT2D eigenvalue weighted by molar-refractivity contribution is 5.72. The van der Waals surface area contributed by atoms with E-state index in [1.54, 1.807) is 0 Å². The normalized spacial score (nSPS) is 18.2. The molecule has 1 saturated carbocycles. The third kappa shape index (κ3) is 6.14. The number of hydrogen-bond donors (Lipinski definition) is 0. The van der Waals surface area contributed by atoms with Crippen LogP contribution in [0.25, 0.3) is 0 Å². The zero-order valence-electron chi connectivity index (χ0n) is 11.4. The minimum atomic E-state index is 0.0127. The molecule has 0 aromatic carbocycles. The van der Waals surface area contributed by atoms with Gasteiger partial charge in [-0.2, -0.15) is 0 Å². The van der Waals surface area contributed by atoms with Crippen molar-refractivity contribution in [2.75, 3.05) is 0 Å². The van der Waals surface area contributed by atoms with Gasteiger partial charge in [-0.15, -0.1) is 0 Å². The molecule has 96 valence electrons. The summed E-state index contributed by atoms with van der Waals surface area (Å²) in [5.41, 5.74) is 0. The molecule has 0 amide bonds. The van der Waals surface area contributed by atoms with Gasteiger partial charge in [0.05, 0.1) is 5.92 Å². The van der Waals surface area contributed by atoms with Gasteiger partial charge >= 0.3 is 5.97 Å². The average Bonchev–Trinajstić information content (AvgIpc) is 2.33. The van der Waals surface area contributed by atoms with E-state index >= 15 is 0 Å². The molecule has 0 radical (unpaired) electrons. The first-order valence-corrected chi connectivity index (χ1v) is 6.94. The van der Waals surface area contributed by atoms with Crippen LogP contribution in [0.3, 0.4) is 0 Å². The predicted octanol–water partition coefficient (Wildman–Crippen LogP) is 4.32. The highest BCUT2D eigenvalue weighted by atomic mass is 16.5. The largest absolute Gasteiger partial charge is 0.462 e. The fraction of sp³-hybridized carbons (Fsp3) is 0.929. The summed E-state index contributed by atoms with van der Waals surface area (Å²) >= 11 is 0. The van der Waals surface area contributed by atoms with E-state index in [4.69, 9.17) is 4.74 Å². The van der Waals surface area contributed by atoms with E-state index in [1.165, 1.54) is 19.3 Å². The van der Waals surface area contributed by atoms with E-state index in [9.17, 15) is 4.79 Å². The van der Waals surface area contributed by atoms with E-state index in [2.05, 4.69) is 6.92 Å². The van der Waals surface area contributed by atoms with Gasteiger partial charge in [0.1, 0.15) is 6.10 Å². The summed E-state index contributed by atoms with van der Waals surface area (Å²) in [7, 11) is 0. The Labute approximate surface area is 101 Å². The Hall–Kier alpha value is -0.530. The number of ether oxygens (including phenoxy) is 1. The first-order chi connectivity index (χ1) is 7.74. The second kappa shape index (κ2) is 9.68. The molecule has 0 spiro atoms. The van der Waals surface area contributed by atoms with Crippen molar-refractivity contribution in [3.63, 3.8) is 0 Å². The number of carbonyl (C=O) groups excluding carboxylic acids is 1. The van der Waals surface area contributed by atoms with Gasteiger partial charge in [0.25, 0.3) is 0 Å². The van der Waals surface area contributed by atoms with Crippen LogP contribution in [0.1, 0.15) is 72.6 Å². The SMILES string of the molecule is CC.CCCC(C)C(=O)OC1CCCCC1. The number of esters is 1. The highest BCUT2D eigenvalue weighted by Gasteiger charge is 2.20. The second-order valence-electron chi connectivity index (χ2n) is 4.39. The lowest BCUT2D eigenvalue weighted by molar-refractivity contribution is -0.155. The molecule has 1 aliphatic carbocycles. The maximum Gasteiger partial charge on any atom is 0.308 e. The Morgan fingerprint density at radius 3 is 2.31 bits per heavy atom. The van der Waals surface area contributed by atoms with E-state index < -0.39 is 0 Å². The predicted molar refractivity (Wildman–Crippen MR) is 68.4 cm³/mol. The Kier molecular flexibility index (Phi) is 9.36. The molecular weight excluding hydrogens is 200 g/mol. The summed E-state index contributed by atoms with van der Waals surface area (Å²) in [5.74, 6) is 0.0978. The van der Waals surface area contributed by atoms with E-state index in [1.807, 2.05) is 20.8 Å². The first-order valence-electron chi connectivity index (χ1n) is 6.94. The summed E-state index contributed by atoms with van der Waals surface area (Å²) in [6, 6.07) is 0. The van der Waals surface area contributed by atoms with Crippen LogP contribution in [-0.2, 0) is 9.53 Å². The third-order valence-electron chi connectivity index (χ3n) is 2.96. The maximum atomic E-state index is 11.6. The van der Waals surface area contributed by atoms with Crippen molar-refractivity contribution >= 4 is 5.97 Å². The Balaban J connectivity index is 0.00000106. The van der Waals surface area contributed by atoms with Crippen LogP contribution in [0.4, 0.5) is 0 Å². The molecule has 0 saturated heterocycles. The molecule has 0 N–H and O–H groups in total. The van der Waals surface area contributed by atoms with Crippen LogP contribution in [0.15, 0.2) is 0 Å². The fourth-order valence-electron chi connectivity index (χ4n) is 2.01. The van der Waals surface area contributed by atoms with Crippen molar-refractivity contribution in [2.24, 2.45) is 5.92 Å². The van der Waals surface area contributed by atoms with Crippen LogP contribution in [0.5, 0.6) is 0 Å². The molecule has 1 aliphatic rings. The highest BCUT2D eigenvalue weighted by Crippen LogP contribution is 2.21. The van der Waals surface area contributed by atoms with E-state index in [0.717, 1.165) is 25.7 Å². The van der Waals surface area contributed by atoms with Gasteiger partial charge in [-0.25, -0.2) is 0 Å². The smallest absolute Gasteiger partial charge is 0.308 e. The molecule has 0 aromatic heterocycles. The molecule has 1 fully saturated rings. The number of carbonyl (C=O) groups is 1. The Morgan fingerprint density at radius 1 is 1.25 bits per heavy atom. The molecule has 0 aliphatic heterocycles. The van der Waals surface area contributed by atoms with E-state index in [0.29, 0.717) is 0 Å². The van der Waals surface area contributed by atoms with Gasteiger partial charge in [0, 0.05) is 0 Å². The van der Waals surface area contributed by atoms with Crippen LogP contribution in [-0.4, -0.2) is 12.1 Å². The van der Waals surface area contributed by atoms with Gasteiger partial charge < -0.3 is 4.74 Å². The van der Waals surface area contributed by atoms with Gasteiger partial charge in [-0.05, 0) is 32.1 Å². The molecule has 1 atom stereocenters. The third-order valence-corrected chi connectivity index (χ3v) is 2.96.